The molecule has 3 N–H and O–H groups in total. The molecule has 94 valence electrons. The summed E-state index contributed by atoms with van der Waals surface area (Å²) in [4.78, 5) is 0. The van der Waals surface area contributed by atoms with Crippen molar-refractivity contribution in [1.82, 2.24) is 0 Å². The van der Waals surface area contributed by atoms with Gasteiger partial charge in [-0.25, -0.2) is 0 Å². The minimum atomic E-state index is -0.349. The Bertz CT molecular complexity index is 387. The predicted octanol–water partition coefficient (Wildman–Crippen LogP) is 2.82. The molecule has 4 heteroatoms. The predicted molar refractivity (Wildman–Crippen MR) is 74.4 cm³/mol. The van der Waals surface area contributed by atoms with Crippen molar-refractivity contribution >= 4 is 23.4 Å². The molecule has 1 saturated carbocycles. The molecular weight excluding hydrogens is 254 g/mol. The largest absolute Gasteiger partial charge is 0.394 e. The monoisotopic (exact) mass is 271 g/mol. The molecule has 1 aromatic rings. The van der Waals surface area contributed by atoms with Gasteiger partial charge in [-0.15, -0.1) is 0 Å². The molecule has 0 heterocycles. The van der Waals surface area contributed by atoms with Gasteiger partial charge in [-0.2, -0.15) is 11.8 Å². The number of hydrogen-bond donors (Lipinski definition) is 2. The van der Waals surface area contributed by atoms with Crippen molar-refractivity contribution in [3.63, 3.8) is 0 Å². The first kappa shape index (κ1) is 13.2. The third-order valence-electron chi connectivity index (χ3n) is 3.35. The van der Waals surface area contributed by atoms with Gasteiger partial charge in [0.25, 0.3) is 0 Å². The average Bonchev–Trinajstić information content (AvgIpc) is 2.71. The molecule has 17 heavy (non-hydrogen) atoms. The van der Waals surface area contributed by atoms with Gasteiger partial charge in [-0.05, 0) is 30.9 Å². The van der Waals surface area contributed by atoms with Crippen molar-refractivity contribution in [3.05, 3.63) is 34.9 Å². The van der Waals surface area contributed by atoms with Gasteiger partial charge in [0.05, 0.1) is 6.61 Å². The quantitative estimate of drug-likeness (QED) is 0.885. The Kier molecular flexibility index (Phi) is 4.36. The third-order valence-corrected chi connectivity index (χ3v) is 5.07. The van der Waals surface area contributed by atoms with E-state index in [2.05, 4.69) is 6.07 Å². The molecule has 0 bridgehead atoms. The van der Waals surface area contributed by atoms with E-state index in [1.54, 1.807) is 0 Å². The van der Waals surface area contributed by atoms with E-state index in [4.69, 9.17) is 17.3 Å². The molecule has 1 aromatic carbocycles. The lowest BCUT2D eigenvalue weighted by Gasteiger charge is -2.20. The molecule has 0 radical (unpaired) electrons. The van der Waals surface area contributed by atoms with E-state index in [0.29, 0.717) is 5.25 Å². The number of hydrogen-bond acceptors (Lipinski definition) is 3. The maximum Gasteiger partial charge on any atom is 0.0611 e. The Balaban J connectivity index is 1.86. The third kappa shape index (κ3) is 3.38. The van der Waals surface area contributed by atoms with E-state index in [1.807, 2.05) is 30.0 Å². The highest BCUT2D eigenvalue weighted by Crippen LogP contribution is 2.37. The highest BCUT2D eigenvalue weighted by atomic mass is 35.5. The first-order valence-electron chi connectivity index (χ1n) is 5.88. The van der Waals surface area contributed by atoms with Gasteiger partial charge in [0.2, 0.25) is 0 Å². The minimum absolute atomic E-state index is 0.0934. The number of thioether (sulfide) groups is 1. The number of rotatable bonds is 4. The van der Waals surface area contributed by atoms with Crippen LogP contribution in [0.4, 0.5) is 0 Å². The Hall–Kier alpha value is -0.220. The molecule has 1 fully saturated rings. The lowest BCUT2D eigenvalue weighted by molar-refractivity contribution is 0.200. The van der Waals surface area contributed by atoms with Crippen LogP contribution < -0.4 is 5.73 Å². The van der Waals surface area contributed by atoms with Crippen LogP contribution >= 0.6 is 23.4 Å². The van der Waals surface area contributed by atoms with E-state index in [9.17, 15) is 5.11 Å². The van der Waals surface area contributed by atoms with Gasteiger partial charge in [0.15, 0.2) is 0 Å². The number of benzene rings is 1. The molecule has 0 amide bonds. The lowest BCUT2D eigenvalue weighted by atomic mass is 10.0. The summed E-state index contributed by atoms with van der Waals surface area (Å²) in [6, 6.07) is 7.94. The Morgan fingerprint density at radius 2 is 2.24 bits per heavy atom. The number of halogens is 1. The van der Waals surface area contributed by atoms with Crippen molar-refractivity contribution < 1.29 is 5.11 Å². The number of aliphatic hydroxyl groups excluding tert-OH is 1. The van der Waals surface area contributed by atoms with E-state index in [-0.39, 0.29) is 12.1 Å². The molecular formula is C13H18ClNOS. The summed E-state index contributed by atoms with van der Waals surface area (Å²) < 4.78 is 0. The number of nitrogens with two attached hydrogens (primary N) is 1. The summed E-state index contributed by atoms with van der Waals surface area (Å²) in [6.07, 6.45) is 2.91. The second-order valence-corrected chi connectivity index (χ2v) is 6.48. The van der Waals surface area contributed by atoms with Gasteiger partial charge < -0.3 is 10.8 Å². The molecule has 1 aliphatic rings. The van der Waals surface area contributed by atoms with E-state index < -0.39 is 0 Å². The molecule has 0 aromatic heterocycles. The fourth-order valence-corrected chi connectivity index (χ4v) is 3.90. The zero-order valence-corrected chi connectivity index (χ0v) is 11.3. The summed E-state index contributed by atoms with van der Waals surface area (Å²) in [5.41, 5.74) is 6.89. The van der Waals surface area contributed by atoms with Crippen molar-refractivity contribution in [1.29, 1.82) is 0 Å². The van der Waals surface area contributed by atoms with Crippen LogP contribution in [0.3, 0.4) is 0 Å². The van der Waals surface area contributed by atoms with Crippen molar-refractivity contribution in [2.75, 3.05) is 6.61 Å². The summed E-state index contributed by atoms with van der Waals surface area (Å²) in [5, 5.41) is 10.6. The standard InChI is InChI=1S/C13H18ClNOS/c14-12-4-2-1-3-10(12)8-17-11-5-6-13(15,7-11)9-16/h1-4,11,16H,5-9,15H2. The van der Waals surface area contributed by atoms with Crippen LogP contribution in [0.15, 0.2) is 24.3 Å². The molecule has 0 saturated heterocycles. The first-order chi connectivity index (χ1) is 8.13. The zero-order chi connectivity index (χ0) is 12.3. The SMILES string of the molecule is NC1(CO)CCC(SCc2ccccc2Cl)C1. The molecule has 2 unspecified atom stereocenters. The second-order valence-electron chi connectivity index (χ2n) is 4.79. The van der Waals surface area contributed by atoms with E-state index >= 15 is 0 Å². The van der Waals surface area contributed by atoms with Crippen molar-refractivity contribution in [3.8, 4) is 0 Å². The second kappa shape index (κ2) is 5.61. The fourth-order valence-electron chi connectivity index (χ4n) is 2.21. The van der Waals surface area contributed by atoms with Crippen LogP contribution in [0.1, 0.15) is 24.8 Å². The molecule has 2 rings (SSSR count). The van der Waals surface area contributed by atoms with Crippen molar-refractivity contribution in [2.45, 2.75) is 35.8 Å². The molecule has 2 atom stereocenters. The van der Waals surface area contributed by atoms with Crippen LogP contribution in [0.5, 0.6) is 0 Å². The smallest absolute Gasteiger partial charge is 0.0611 e. The van der Waals surface area contributed by atoms with Crippen molar-refractivity contribution in [2.24, 2.45) is 5.73 Å². The van der Waals surface area contributed by atoms with Gasteiger partial charge in [0, 0.05) is 21.6 Å². The van der Waals surface area contributed by atoms with Gasteiger partial charge in [-0.1, -0.05) is 29.8 Å². The summed E-state index contributed by atoms with van der Waals surface area (Å²) in [5.74, 6) is 0.922. The Morgan fingerprint density at radius 3 is 2.88 bits per heavy atom. The van der Waals surface area contributed by atoms with Crippen LogP contribution in [-0.2, 0) is 5.75 Å². The normalized spacial score (nSPS) is 28.5. The van der Waals surface area contributed by atoms with E-state index in [0.717, 1.165) is 30.0 Å². The molecule has 2 nitrogen and oxygen atoms in total. The summed E-state index contributed by atoms with van der Waals surface area (Å²) in [7, 11) is 0. The van der Waals surface area contributed by atoms with Crippen LogP contribution in [0.2, 0.25) is 5.02 Å². The van der Waals surface area contributed by atoms with Gasteiger partial charge in [0.1, 0.15) is 0 Å². The highest BCUT2D eigenvalue weighted by molar-refractivity contribution is 7.99. The molecule has 0 spiro atoms. The van der Waals surface area contributed by atoms with Gasteiger partial charge >= 0.3 is 0 Å². The minimum Gasteiger partial charge on any atom is -0.394 e. The molecule has 0 aliphatic heterocycles. The lowest BCUT2D eigenvalue weighted by Crippen LogP contribution is -2.40. The molecule has 1 aliphatic carbocycles. The summed E-state index contributed by atoms with van der Waals surface area (Å²) >= 11 is 8.01. The maximum atomic E-state index is 9.22. The summed E-state index contributed by atoms with van der Waals surface area (Å²) in [6.45, 7) is 0.0934. The highest BCUT2D eigenvalue weighted by Gasteiger charge is 2.35. The van der Waals surface area contributed by atoms with Crippen LogP contribution in [0.25, 0.3) is 0 Å². The topological polar surface area (TPSA) is 46.2 Å². The van der Waals surface area contributed by atoms with Crippen LogP contribution in [-0.4, -0.2) is 22.5 Å². The Morgan fingerprint density at radius 1 is 1.47 bits per heavy atom. The van der Waals surface area contributed by atoms with Gasteiger partial charge in [-0.3, -0.25) is 0 Å². The maximum absolute atomic E-state index is 9.22. The van der Waals surface area contributed by atoms with Crippen LogP contribution in [0, 0.1) is 0 Å². The first-order valence-corrected chi connectivity index (χ1v) is 7.30. The fraction of sp³-hybridized carbons (Fsp3) is 0.538. The average molecular weight is 272 g/mol. The number of aliphatic hydroxyl groups is 1. The zero-order valence-electron chi connectivity index (χ0n) is 9.73. The van der Waals surface area contributed by atoms with E-state index in [1.165, 1.54) is 5.56 Å². The Labute approximate surface area is 112 Å².